The number of aryl methyl sites for hydroxylation is 1. The van der Waals surface area contributed by atoms with Gasteiger partial charge in [0.25, 0.3) is 0 Å². The van der Waals surface area contributed by atoms with Gasteiger partial charge in [-0.1, -0.05) is 12.1 Å². The van der Waals surface area contributed by atoms with Crippen LogP contribution in [0, 0.1) is 5.92 Å². The highest BCUT2D eigenvalue weighted by Crippen LogP contribution is 2.44. The first-order valence-electron chi connectivity index (χ1n) is 11.5. The van der Waals surface area contributed by atoms with Gasteiger partial charge < -0.3 is 4.74 Å². The number of carbonyl (C=O) groups is 3. The van der Waals surface area contributed by atoms with E-state index in [0.717, 1.165) is 21.9 Å². The second-order valence-corrected chi connectivity index (χ2v) is 8.84. The molecule has 188 valence electrons. The summed E-state index contributed by atoms with van der Waals surface area (Å²) in [5, 5.41) is 4.94. The van der Waals surface area contributed by atoms with Crippen LogP contribution in [-0.4, -0.2) is 45.7 Å². The third kappa shape index (κ3) is 3.78. The average molecular weight is 500 g/mol. The summed E-state index contributed by atoms with van der Waals surface area (Å²) < 4.78 is 47.6. The van der Waals surface area contributed by atoms with Crippen LogP contribution in [0.15, 0.2) is 42.6 Å². The molecule has 8 nitrogen and oxygen atoms in total. The minimum atomic E-state index is -4.56. The number of alkyl halides is 3. The Morgan fingerprint density at radius 3 is 2.69 bits per heavy atom. The number of urea groups is 1. The molecular weight excluding hydrogens is 477 g/mol. The van der Waals surface area contributed by atoms with Crippen LogP contribution >= 0.6 is 0 Å². The first-order chi connectivity index (χ1) is 17.1. The first kappa shape index (κ1) is 23.8. The predicted octanol–water partition coefficient (Wildman–Crippen LogP) is 4.23. The molecule has 1 unspecified atom stereocenters. The number of ether oxygens (including phenoxy) is 1. The fraction of sp³-hybridized carbons (Fsp3) is 0.360. The zero-order valence-electron chi connectivity index (χ0n) is 19.6. The molecular formula is C25H23F3N4O4. The molecule has 11 heteroatoms. The number of nitrogens with zero attached hydrogens (tertiary/aromatic N) is 4. The van der Waals surface area contributed by atoms with Crippen LogP contribution in [0.3, 0.4) is 0 Å². The van der Waals surface area contributed by atoms with E-state index in [1.54, 1.807) is 43.0 Å². The smallest absolute Gasteiger partial charge is 0.416 e. The molecule has 0 N–H and O–H groups in total. The van der Waals surface area contributed by atoms with Gasteiger partial charge in [-0.05, 0) is 55.2 Å². The second-order valence-electron chi connectivity index (χ2n) is 8.84. The zero-order valence-corrected chi connectivity index (χ0v) is 19.6. The molecule has 1 aromatic heterocycles. The molecule has 2 atom stereocenters. The Labute approximate surface area is 204 Å². The maximum Gasteiger partial charge on any atom is 0.416 e. The van der Waals surface area contributed by atoms with Gasteiger partial charge in [0.1, 0.15) is 0 Å². The van der Waals surface area contributed by atoms with Gasteiger partial charge in [-0.2, -0.15) is 18.3 Å². The molecule has 3 aromatic rings. The quantitative estimate of drug-likeness (QED) is 0.396. The number of esters is 1. The van der Waals surface area contributed by atoms with E-state index < -0.39 is 41.6 Å². The number of rotatable bonds is 4. The molecule has 0 spiro atoms. The van der Waals surface area contributed by atoms with Crippen molar-refractivity contribution in [2.24, 2.45) is 13.0 Å². The van der Waals surface area contributed by atoms with E-state index in [1.165, 1.54) is 17.0 Å². The van der Waals surface area contributed by atoms with E-state index in [9.17, 15) is 27.6 Å². The van der Waals surface area contributed by atoms with E-state index in [1.807, 2.05) is 0 Å². The second kappa shape index (κ2) is 8.65. The van der Waals surface area contributed by atoms with Gasteiger partial charge in [0, 0.05) is 18.1 Å². The number of hydrogen-bond acceptors (Lipinski definition) is 5. The minimum absolute atomic E-state index is 0.0411. The lowest BCUT2D eigenvalue weighted by molar-refractivity contribution is -0.155. The molecule has 36 heavy (non-hydrogen) atoms. The molecule has 1 aliphatic heterocycles. The minimum Gasteiger partial charge on any atom is -0.465 e. The average Bonchev–Trinajstić information content (AvgIpc) is 3.42. The van der Waals surface area contributed by atoms with Crippen molar-refractivity contribution in [1.82, 2.24) is 14.7 Å². The molecule has 0 bridgehead atoms. The Morgan fingerprint density at radius 1 is 1.19 bits per heavy atom. The highest BCUT2D eigenvalue weighted by Gasteiger charge is 2.49. The van der Waals surface area contributed by atoms with Gasteiger partial charge in [0.15, 0.2) is 5.92 Å². The van der Waals surface area contributed by atoms with Crippen LogP contribution in [0.5, 0.6) is 0 Å². The van der Waals surface area contributed by atoms with Gasteiger partial charge in [-0.3, -0.25) is 24.1 Å². The monoisotopic (exact) mass is 500 g/mol. The lowest BCUT2D eigenvalue weighted by Gasteiger charge is -2.40. The number of anilines is 1. The lowest BCUT2D eigenvalue weighted by Crippen LogP contribution is -2.59. The maximum atomic E-state index is 13.7. The van der Waals surface area contributed by atoms with Crippen LogP contribution in [0.4, 0.5) is 23.7 Å². The molecule has 1 fully saturated rings. The zero-order chi connectivity index (χ0) is 25.8. The van der Waals surface area contributed by atoms with Crippen molar-refractivity contribution in [3.8, 4) is 0 Å². The van der Waals surface area contributed by atoms with E-state index in [0.29, 0.717) is 5.69 Å². The molecule has 1 saturated heterocycles. The third-order valence-corrected chi connectivity index (χ3v) is 6.81. The van der Waals surface area contributed by atoms with Crippen molar-refractivity contribution in [1.29, 1.82) is 0 Å². The van der Waals surface area contributed by atoms with Gasteiger partial charge >= 0.3 is 18.2 Å². The largest absolute Gasteiger partial charge is 0.465 e. The number of amides is 3. The SMILES string of the molecule is CCOC(=O)C1CN(c2ccc3c(cnn3C)c2)C(=O)N([C@@H]2CCc3c2cccc3C(F)(F)F)C1=O. The number of carbonyl (C=O) groups excluding carboxylic acids is 3. The Morgan fingerprint density at radius 2 is 1.97 bits per heavy atom. The molecule has 2 aliphatic rings. The molecule has 1 aliphatic carbocycles. The Balaban J connectivity index is 1.58. The predicted molar refractivity (Wildman–Crippen MR) is 123 cm³/mol. The lowest BCUT2D eigenvalue weighted by atomic mass is 9.98. The van der Waals surface area contributed by atoms with E-state index in [4.69, 9.17) is 4.74 Å². The van der Waals surface area contributed by atoms with Crippen molar-refractivity contribution < 1.29 is 32.3 Å². The van der Waals surface area contributed by atoms with Crippen LogP contribution < -0.4 is 4.90 Å². The van der Waals surface area contributed by atoms with Crippen LogP contribution in [0.25, 0.3) is 10.9 Å². The van der Waals surface area contributed by atoms with Crippen molar-refractivity contribution in [2.45, 2.75) is 32.0 Å². The van der Waals surface area contributed by atoms with Crippen LogP contribution in [0.2, 0.25) is 0 Å². The topological polar surface area (TPSA) is 84.7 Å². The van der Waals surface area contributed by atoms with Crippen LogP contribution in [-0.2, 0) is 34.0 Å². The van der Waals surface area contributed by atoms with E-state index >= 15 is 0 Å². The van der Waals surface area contributed by atoms with Crippen LogP contribution in [0.1, 0.15) is 36.1 Å². The highest BCUT2D eigenvalue weighted by atomic mass is 19.4. The summed E-state index contributed by atoms with van der Waals surface area (Å²) in [7, 11) is 1.78. The Bertz CT molecular complexity index is 1380. The summed E-state index contributed by atoms with van der Waals surface area (Å²) in [6.07, 6.45) is -2.75. The highest BCUT2D eigenvalue weighted by molar-refractivity contribution is 6.13. The summed E-state index contributed by atoms with van der Waals surface area (Å²) in [4.78, 5) is 42.2. The molecule has 3 amide bonds. The van der Waals surface area contributed by atoms with Crippen molar-refractivity contribution >= 4 is 34.5 Å². The van der Waals surface area contributed by atoms with E-state index in [2.05, 4.69) is 5.10 Å². The maximum absolute atomic E-state index is 13.7. The summed E-state index contributed by atoms with van der Waals surface area (Å²) in [6.45, 7) is 1.41. The number of benzene rings is 2. The van der Waals surface area contributed by atoms with Crippen molar-refractivity contribution in [2.75, 3.05) is 18.1 Å². The normalized spacial score (nSPS) is 20.2. The number of fused-ring (bicyclic) bond motifs is 2. The Hall–Kier alpha value is -3.89. The molecule has 0 saturated carbocycles. The fourth-order valence-corrected chi connectivity index (χ4v) is 5.14. The van der Waals surface area contributed by atoms with Crippen molar-refractivity contribution in [3.63, 3.8) is 0 Å². The number of imide groups is 1. The number of aromatic nitrogens is 2. The summed E-state index contributed by atoms with van der Waals surface area (Å²) in [5.74, 6) is -2.86. The molecule has 2 aromatic carbocycles. The summed E-state index contributed by atoms with van der Waals surface area (Å²) in [5.41, 5.74) is 0.813. The molecule has 0 radical (unpaired) electrons. The van der Waals surface area contributed by atoms with Gasteiger partial charge in [-0.15, -0.1) is 0 Å². The number of hydrogen-bond donors (Lipinski definition) is 0. The van der Waals surface area contributed by atoms with Crippen molar-refractivity contribution in [3.05, 3.63) is 59.3 Å². The molecule has 5 rings (SSSR count). The van der Waals surface area contributed by atoms with Gasteiger partial charge in [0.2, 0.25) is 5.91 Å². The summed E-state index contributed by atoms with van der Waals surface area (Å²) >= 11 is 0. The first-order valence-corrected chi connectivity index (χ1v) is 11.5. The third-order valence-electron chi connectivity index (χ3n) is 6.81. The van der Waals surface area contributed by atoms with E-state index in [-0.39, 0.29) is 37.1 Å². The summed E-state index contributed by atoms with van der Waals surface area (Å²) in [6, 6.07) is 7.33. The van der Waals surface area contributed by atoms with Gasteiger partial charge in [0.05, 0.1) is 36.5 Å². The van der Waals surface area contributed by atoms with Gasteiger partial charge in [-0.25, -0.2) is 4.79 Å². The standard InChI is InChI=1S/C25H23F3N4O4/c1-3-36-23(34)18-13-31(15-7-9-20-14(11-15)12-29-30(20)2)24(35)32(22(18)33)21-10-8-16-17(21)5-4-6-19(16)25(26,27)28/h4-7,9,11-12,18,21H,3,8,10,13H2,1-2H3/t18?,21-/m1/s1. The fourth-order valence-electron chi connectivity index (χ4n) is 5.14. The molecule has 2 heterocycles. The number of halogens is 3. The Kier molecular flexibility index (Phi) is 5.73.